The highest BCUT2D eigenvalue weighted by Gasteiger charge is 2.35. The minimum Gasteiger partial charge on any atom is -0.465 e. The van der Waals surface area contributed by atoms with Gasteiger partial charge in [-0.2, -0.15) is 13.2 Å². The maximum absolute atomic E-state index is 13.2. The molecule has 0 amide bonds. The van der Waals surface area contributed by atoms with Gasteiger partial charge in [-0.15, -0.1) is 6.42 Å². The SMILES string of the molecule is C#Cc1cn(-c2cc(C(=O)OC)c(N)cc2C(F)(F)F)cn1. The maximum atomic E-state index is 13.2. The Hall–Kier alpha value is -2.95. The van der Waals surface area contributed by atoms with Crippen LogP contribution in [-0.2, 0) is 10.9 Å². The lowest BCUT2D eigenvalue weighted by molar-refractivity contribution is -0.137. The Morgan fingerprint density at radius 1 is 1.45 bits per heavy atom. The number of aromatic nitrogens is 2. The standard InChI is InChI=1S/C14H10F3N3O2/c1-3-8-6-20(7-19-8)12-4-9(13(21)22-2)11(18)5-10(12)14(15,16)17/h1,4-7H,18H2,2H3. The fourth-order valence-electron chi connectivity index (χ4n) is 1.86. The Morgan fingerprint density at radius 3 is 2.64 bits per heavy atom. The van der Waals surface area contributed by atoms with Crippen LogP contribution >= 0.6 is 0 Å². The van der Waals surface area contributed by atoms with Gasteiger partial charge in [-0.3, -0.25) is 0 Å². The van der Waals surface area contributed by atoms with Gasteiger partial charge < -0.3 is 15.0 Å². The number of ether oxygens (including phenoxy) is 1. The largest absolute Gasteiger partial charge is 0.465 e. The van der Waals surface area contributed by atoms with Crippen LogP contribution in [0.25, 0.3) is 5.69 Å². The van der Waals surface area contributed by atoms with E-state index >= 15 is 0 Å². The first-order valence-electron chi connectivity index (χ1n) is 5.88. The van der Waals surface area contributed by atoms with Gasteiger partial charge in [0.1, 0.15) is 12.0 Å². The molecule has 2 N–H and O–H groups in total. The van der Waals surface area contributed by atoms with E-state index < -0.39 is 17.7 Å². The van der Waals surface area contributed by atoms with Crippen molar-refractivity contribution in [3.8, 4) is 18.0 Å². The summed E-state index contributed by atoms with van der Waals surface area (Å²) in [6.45, 7) is 0. The number of esters is 1. The number of nitrogens with zero attached hydrogens (tertiary/aromatic N) is 2. The first-order valence-corrected chi connectivity index (χ1v) is 5.88. The van der Waals surface area contributed by atoms with Gasteiger partial charge in [-0.1, -0.05) is 0 Å². The molecule has 114 valence electrons. The van der Waals surface area contributed by atoms with Gasteiger partial charge in [0.15, 0.2) is 0 Å². The summed E-state index contributed by atoms with van der Waals surface area (Å²) < 4.78 is 45.1. The summed E-state index contributed by atoms with van der Waals surface area (Å²) in [7, 11) is 1.10. The normalized spacial score (nSPS) is 11.0. The molecule has 1 heterocycles. The van der Waals surface area contributed by atoms with Gasteiger partial charge in [0.2, 0.25) is 0 Å². The van der Waals surface area contributed by atoms with Crippen LogP contribution in [0.3, 0.4) is 0 Å². The molecule has 0 saturated carbocycles. The second-order valence-corrected chi connectivity index (χ2v) is 4.26. The van der Waals surface area contributed by atoms with Crippen LogP contribution in [0, 0.1) is 12.3 Å². The molecular weight excluding hydrogens is 299 g/mol. The molecule has 0 aliphatic carbocycles. The molecule has 0 atom stereocenters. The van der Waals surface area contributed by atoms with Crippen LogP contribution in [0.5, 0.6) is 0 Å². The fraction of sp³-hybridized carbons (Fsp3) is 0.143. The van der Waals surface area contributed by atoms with E-state index in [1.165, 1.54) is 6.20 Å². The summed E-state index contributed by atoms with van der Waals surface area (Å²) in [5.74, 6) is 1.36. The number of carbonyl (C=O) groups excluding carboxylic acids is 1. The predicted molar refractivity (Wildman–Crippen MR) is 72.3 cm³/mol. The molecule has 0 fully saturated rings. The number of rotatable bonds is 2. The van der Waals surface area contributed by atoms with Crippen molar-refractivity contribution in [1.82, 2.24) is 9.55 Å². The highest BCUT2D eigenvalue weighted by atomic mass is 19.4. The minimum atomic E-state index is -4.67. The van der Waals surface area contributed by atoms with Crippen molar-refractivity contribution < 1.29 is 22.7 Å². The number of alkyl halides is 3. The second kappa shape index (κ2) is 5.44. The highest BCUT2D eigenvalue weighted by Crippen LogP contribution is 2.36. The molecule has 2 rings (SSSR count). The number of hydrogen-bond donors (Lipinski definition) is 1. The number of anilines is 1. The van der Waals surface area contributed by atoms with Gasteiger partial charge in [0, 0.05) is 11.9 Å². The van der Waals surface area contributed by atoms with Crippen LogP contribution in [0.4, 0.5) is 18.9 Å². The highest BCUT2D eigenvalue weighted by molar-refractivity contribution is 5.96. The summed E-state index contributed by atoms with van der Waals surface area (Å²) in [5, 5.41) is 0. The zero-order chi connectivity index (χ0) is 16.5. The monoisotopic (exact) mass is 309 g/mol. The summed E-state index contributed by atoms with van der Waals surface area (Å²) in [6.07, 6.45) is 2.84. The minimum absolute atomic E-state index is 0.157. The van der Waals surface area contributed by atoms with Crippen LogP contribution in [0.1, 0.15) is 21.6 Å². The van der Waals surface area contributed by atoms with Crippen molar-refractivity contribution in [2.24, 2.45) is 0 Å². The molecule has 0 unspecified atom stereocenters. The number of hydrogen-bond acceptors (Lipinski definition) is 4. The van der Waals surface area contributed by atoms with Crippen molar-refractivity contribution in [2.45, 2.75) is 6.18 Å². The molecule has 8 heteroatoms. The molecule has 2 aromatic rings. The predicted octanol–water partition coefficient (Wildman–Crippen LogP) is 2.24. The van der Waals surface area contributed by atoms with E-state index in [9.17, 15) is 18.0 Å². The van der Waals surface area contributed by atoms with Crippen molar-refractivity contribution in [1.29, 1.82) is 0 Å². The molecule has 5 nitrogen and oxygen atoms in total. The Morgan fingerprint density at radius 2 is 2.14 bits per heavy atom. The number of terminal acetylenes is 1. The van der Waals surface area contributed by atoms with Crippen LogP contribution in [0.2, 0.25) is 0 Å². The molecule has 0 aliphatic rings. The van der Waals surface area contributed by atoms with E-state index in [2.05, 4.69) is 15.6 Å². The summed E-state index contributed by atoms with van der Waals surface area (Å²) in [6, 6.07) is 1.67. The number of nitrogen functional groups attached to an aromatic ring is 1. The molecule has 22 heavy (non-hydrogen) atoms. The molecule has 0 saturated heterocycles. The third kappa shape index (κ3) is 2.74. The van der Waals surface area contributed by atoms with Crippen molar-refractivity contribution >= 4 is 11.7 Å². The lowest BCUT2D eigenvalue weighted by Gasteiger charge is -2.16. The molecule has 1 aromatic carbocycles. The molecule has 1 aromatic heterocycles. The van der Waals surface area contributed by atoms with Gasteiger partial charge in [-0.05, 0) is 18.1 Å². The number of carbonyl (C=O) groups is 1. The summed E-state index contributed by atoms with van der Waals surface area (Å²) in [5.41, 5.74) is 3.82. The van der Waals surface area contributed by atoms with Crippen molar-refractivity contribution in [2.75, 3.05) is 12.8 Å². The van der Waals surface area contributed by atoms with E-state index in [1.54, 1.807) is 0 Å². The number of halogens is 3. The summed E-state index contributed by atoms with van der Waals surface area (Å²) >= 11 is 0. The molecular formula is C14H10F3N3O2. The van der Waals surface area contributed by atoms with Crippen LogP contribution < -0.4 is 5.73 Å². The van der Waals surface area contributed by atoms with E-state index in [-0.39, 0.29) is 22.6 Å². The third-order valence-corrected chi connectivity index (χ3v) is 2.89. The first kappa shape index (κ1) is 15.4. The zero-order valence-electron chi connectivity index (χ0n) is 11.3. The second-order valence-electron chi connectivity index (χ2n) is 4.26. The molecule has 0 radical (unpaired) electrons. The zero-order valence-corrected chi connectivity index (χ0v) is 11.3. The Balaban J connectivity index is 2.73. The Bertz CT molecular complexity index is 773. The lowest BCUT2D eigenvalue weighted by atomic mass is 10.1. The van der Waals surface area contributed by atoms with Crippen molar-refractivity contribution in [3.63, 3.8) is 0 Å². The smallest absolute Gasteiger partial charge is 0.418 e. The average Bonchev–Trinajstić information content (AvgIpc) is 2.94. The third-order valence-electron chi connectivity index (χ3n) is 2.89. The van der Waals surface area contributed by atoms with E-state index in [0.717, 1.165) is 24.1 Å². The molecule has 0 spiro atoms. The average molecular weight is 309 g/mol. The topological polar surface area (TPSA) is 70.1 Å². The quantitative estimate of drug-likeness (QED) is 0.525. The Kier molecular flexibility index (Phi) is 3.82. The fourth-order valence-corrected chi connectivity index (χ4v) is 1.86. The van der Waals surface area contributed by atoms with Gasteiger partial charge in [-0.25, -0.2) is 9.78 Å². The van der Waals surface area contributed by atoms with Crippen molar-refractivity contribution in [3.05, 3.63) is 41.5 Å². The number of benzene rings is 1. The Labute approximate surface area is 123 Å². The van der Waals surface area contributed by atoms with Gasteiger partial charge >= 0.3 is 12.1 Å². The summed E-state index contributed by atoms with van der Waals surface area (Å²) in [4.78, 5) is 15.4. The van der Waals surface area contributed by atoms with E-state index in [4.69, 9.17) is 12.2 Å². The molecule has 0 aliphatic heterocycles. The molecule has 0 bridgehead atoms. The number of imidazole rings is 1. The van der Waals surface area contributed by atoms with Crippen LogP contribution in [-0.4, -0.2) is 22.6 Å². The van der Waals surface area contributed by atoms with E-state index in [0.29, 0.717) is 6.07 Å². The lowest BCUT2D eigenvalue weighted by Crippen LogP contribution is -2.14. The van der Waals surface area contributed by atoms with Crippen LogP contribution in [0.15, 0.2) is 24.7 Å². The maximum Gasteiger partial charge on any atom is 0.418 e. The van der Waals surface area contributed by atoms with Gasteiger partial charge in [0.05, 0.1) is 23.9 Å². The number of nitrogens with two attached hydrogens (primary N) is 1. The van der Waals surface area contributed by atoms with Gasteiger partial charge in [0.25, 0.3) is 0 Å². The first-order chi connectivity index (χ1) is 10.3. The van der Waals surface area contributed by atoms with E-state index in [1.807, 2.05) is 0 Å². The number of methoxy groups -OCH3 is 1.